The molecule has 3 N–H and O–H groups in total. The number of hydrogen-bond donors (Lipinski definition) is 3. The van der Waals surface area contributed by atoms with Crippen LogP contribution in [0.1, 0.15) is 25.5 Å². The van der Waals surface area contributed by atoms with E-state index < -0.39 is 6.10 Å². The van der Waals surface area contributed by atoms with Crippen LogP contribution in [0.2, 0.25) is 0 Å². The highest BCUT2D eigenvalue weighted by Gasteiger charge is 2.17. The second-order valence-electron chi connectivity index (χ2n) is 4.49. The average Bonchev–Trinajstić information content (AvgIpc) is 2.27. The molecule has 0 heterocycles. The van der Waals surface area contributed by atoms with E-state index in [-0.39, 0.29) is 12.1 Å². The summed E-state index contributed by atoms with van der Waals surface area (Å²) in [4.78, 5) is 0. The van der Waals surface area contributed by atoms with E-state index in [1.54, 1.807) is 0 Å². The highest BCUT2D eigenvalue weighted by molar-refractivity contribution is 9.10. The van der Waals surface area contributed by atoms with Gasteiger partial charge in [-0.25, -0.2) is 0 Å². The first-order chi connectivity index (χ1) is 7.44. The Kier molecular flexibility index (Phi) is 4.92. The topological polar surface area (TPSA) is 52.5 Å². The summed E-state index contributed by atoms with van der Waals surface area (Å²) in [5, 5.41) is 22.1. The molecule has 0 saturated heterocycles. The van der Waals surface area contributed by atoms with Gasteiger partial charge in [0, 0.05) is 16.6 Å². The van der Waals surface area contributed by atoms with E-state index in [0.717, 1.165) is 10.0 Å². The van der Waals surface area contributed by atoms with E-state index in [4.69, 9.17) is 5.11 Å². The van der Waals surface area contributed by atoms with Crippen molar-refractivity contribution in [1.82, 2.24) is 5.32 Å². The number of β-amino-alcohol motifs (C(OH)–C–C–N with tert-alkyl or cyclic N) is 1. The first-order valence-corrected chi connectivity index (χ1v) is 6.03. The first kappa shape index (κ1) is 13.6. The van der Waals surface area contributed by atoms with E-state index in [0.29, 0.717) is 6.54 Å². The smallest absolute Gasteiger partial charge is 0.0914 e. The first-order valence-electron chi connectivity index (χ1n) is 5.24. The second kappa shape index (κ2) is 5.77. The van der Waals surface area contributed by atoms with Gasteiger partial charge in [-0.1, -0.05) is 28.1 Å². The summed E-state index contributed by atoms with van der Waals surface area (Å²) >= 11 is 3.35. The third kappa shape index (κ3) is 4.22. The van der Waals surface area contributed by atoms with Crippen molar-refractivity contribution < 1.29 is 10.2 Å². The number of halogens is 1. The Bertz CT molecular complexity index is 324. The van der Waals surface area contributed by atoms with E-state index >= 15 is 0 Å². The number of aliphatic hydroxyl groups excluding tert-OH is 2. The van der Waals surface area contributed by atoms with Crippen molar-refractivity contribution >= 4 is 15.9 Å². The van der Waals surface area contributed by atoms with Gasteiger partial charge in [0.1, 0.15) is 0 Å². The van der Waals surface area contributed by atoms with Crippen LogP contribution in [0.15, 0.2) is 28.7 Å². The van der Waals surface area contributed by atoms with Crippen LogP contribution in [-0.4, -0.2) is 28.9 Å². The largest absolute Gasteiger partial charge is 0.394 e. The molecule has 1 aromatic rings. The van der Waals surface area contributed by atoms with Crippen LogP contribution < -0.4 is 5.32 Å². The molecule has 1 aromatic carbocycles. The standard InChI is InChI=1S/C12H18BrNO2/c1-12(2,8-15)14-7-11(16)9-3-5-10(13)6-4-9/h3-6,11,14-16H,7-8H2,1-2H3. The van der Waals surface area contributed by atoms with Gasteiger partial charge in [-0.15, -0.1) is 0 Å². The number of aliphatic hydroxyl groups is 2. The quantitative estimate of drug-likeness (QED) is 0.775. The summed E-state index contributed by atoms with van der Waals surface area (Å²) < 4.78 is 0.993. The van der Waals surface area contributed by atoms with Gasteiger partial charge in [0.2, 0.25) is 0 Å². The molecule has 0 aliphatic rings. The summed E-state index contributed by atoms with van der Waals surface area (Å²) in [6.07, 6.45) is -0.557. The van der Waals surface area contributed by atoms with E-state index in [9.17, 15) is 5.11 Å². The molecule has 0 saturated carbocycles. The Labute approximate surface area is 105 Å². The van der Waals surface area contributed by atoms with Gasteiger partial charge in [-0.2, -0.15) is 0 Å². The third-order valence-corrected chi connectivity index (χ3v) is 2.95. The van der Waals surface area contributed by atoms with Crippen LogP contribution >= 0.6 is 15.9 Å². The van der Waals surface area contributed by atoms with E-state index in [1.807, 2.05) is 38.1 Å². The number of benzene rings is 1. The van der Waals surface area contributed by atoms with Crippen molar-refractivity contribution in [2.45, 2.75) is 25.5 Å². The molecule has 0 aromatic heterocycles. The molecule has 0 bridgehead atoms. The van der Waals surface area contributed by atoms with Gasteiger partial charge in [0.25, 0.3) is 0 Å². The Balaban J connectivity index is 2.53. The van der Waals surface area contributed by atoms with E-state index in [1.165, 1.54) is 0 Å². The maximum atomic E-state index is 9.91. The van der Waals surface area contributed by atoms with E-state index in [2.05, 4.69) is 21.2 Å². The van der Waals surface area contributed by atoms with Crippen LogP contribution in [0.25, 0.3) is 0 Å². The van der Waals surface area contributed by atoms with Crippen molar-refractivity contribution in [3.05, 3.63) is 34.3 Å². The van der Waals surface area contributed by atoms with Crippen molar-refractivity contribution in [3.8, 4) is 0 Å². The van der Waals surface area contributed by atoms with Crippen LogP contribution in [0.4, 0.5) is 0 Å². The normalized spacial score (nSPS) is 13.8. The van der Waals surface area contributed by atoms with Crippen LogP contribution in [-0.2, 0) is 0 Å². The third-order valence-electron chi connectivity index (χ3n) is 2.42. The highest BCUT2D eigenvalue weighted by atomic mass is 79.9. The van der Waals surface area contributed by atoms with Gasteiger partial charge >= 0.3 is 0 Å². The molecule has 0 spiro atoms. The molecule has 0 aliphatic heterocycles. The number of rotatable bonds is 5. The Hall–Kier alpha value is -0.420. The Morgan fingerprint density at radius 2 is 1.88 bits per heavy atom. The van der Waals surface area contributed by atoms with Crippen LogP contribution in [0, 0.1) is 0 Å². The lowest BCUT2D eigenvalue weighted by Crippen LogP contribution is -2.44. The van der Waals surface area contributed by atoms with Crippen LogP contribution in [0.5, 0.6) is 0 Å². The minimum atomic E-state index is -0.557. The van der Waals surface area contributed by atoms with Gasteiger partial charge in [-0.05, 0) is 31.5 Å². The summed E-state index contributed by atoms with van der Waals surface area (Å²) in [5.41, 5.74) is 0.500. The Morgan fingerprint density at radius 1 is 1.31 bits per heavy atom. The van der Waals surface area contributed by atoms with Crippen molar-refractivity contribution in [1.29, 1.82) is 0 Å². The Morgan fingerprint density at radius 3 is 2.38 bits per heavy atom. The molecule has 1 rings (SSSR count). The lowest BCUT2D eigenvalue weighted by molar-refractivity contribution is 0.136. The van der Waals surface area contributed by atoms with Gasteiger partial charge in [0.05, 0.1) is 12.7 Å². The molecule has 0 radical (unpaired) electrons. The highest BCUT2D eigenvalue weighted by Crippen LogP contribution is 2.16. The molecule has 90 valence electrons. The zero-order valence-corrected chi connectivity index (χ0v) is 11.2. The predicted molar refractivity (Wildman–Crippen MR) is 68.3 cm³/mol. The summed E-state index contributed by atoms with van der Waals surface area (Å²) in [5.74, 6) is 0. The van der Waals surface area contributed by atoms with Crippen molar-refractivity contribution in [3.63, 3.8) is 0 Å². The monoisotopic (exact) mass is 287 g/mol. The fourth-order valence-electron chi connectivity index (χ4n) is 1.23. The molecule has 0 fully saturated rings. The molecular weight excluding hydrogens is 270 g/mol. The SMILES string of the molecule is CC(C)(CO)NCC(O)c1ccc(Br)cc1. The van der Waals surface area contributed by atoms with Crippen LogP contribution in [0.3, 0.4) is 0 Å². The maximum absolute atomic E-state index is 9.91. The molecule has 16 heavy (non-hydrogen) atoms. The molecule has 1 atom stereocenters. The zero-order chi connectivity index (χ0) is 12.2. The maximum Gasteiger partial charge on any atom is 0.0914 e. The van der Waals surface area contributed by atoms with Crippen molar-refractivity contribution in [2.24, 2.45) is 0 Å². The summed E-state index contributed by atoms with van der Waals surface area (Å²) in [7, 11) is 0. The van der Waals surface area contributed by atoms with Gasteiger partial charge < -0.3 is 15.5 Å². The minimum absolute atomic E-state index is 0.0417. The fourth-order valence-corrected chi connectivity index (χ4v) is 1.50. The molecule has 0 amide bonds. The minimum Gasteiger partial charge on any atom is -0.394 e. The zero-order valence-electron chi connectivity index (χ0n) is 9.57. The van der Waals surface area contributed by atoms with Gasteiger partial charge in [-0.3, -0.25) is 0 Å². The summed E-state index contributed by atoms with van der Waals surface area (Å²) in [6.45, 7) is 4.25. The molecule has 3 nitrogen and oxygen atoms in total. The van der Waals surface area contributed by atoms with Gasteiger partial charge in [0.15, 0.2) is 0 Å². The molecule has 0 aliphatic carbocycles. The lowest BCUT2D eigenvalue weighted by atomic mass is 10.1. The fraction of sp³-hybridized carbons (Fsp3) is 0.500. The molecule has 4 heteroatoms. The lowest BCUT2D eigenvalue weighted by Gasteiger charge is -2.25. The molecular formula is C12H18BrNO2. The average molecular weight is 288 g/mol. The predicted octanol–water partition coefficient (Wildman–Crippen LogP) is 1.84. The number of hydrogen-bond acceptors (Lipinski definition) is 3. The number of nitrogens with one attached hydrogen (secondary N) is 1. The molecule has 1 unspecified atom stereocenters. The van der Waals surface area contributed by atoms with Crippen molar-refractivity contribution in [2.75, 3.05) is 13.2 Å². The summed E-state index contributed by atoms with van der Waals surface area (Å²) in [6, 6.07) is 7.55. The second-order valence-corrected chi connectivity index (χ2v) is 5.41.